The first-order chi connectivity index (χ1) is 13.3. The highest BCUT2D eigenvalue weighted by Crippen LogP contribution is 2.30. The van der Waals surface area contributed by atoms with Gasteiger partial charge in [-0.15, -0.1) is 11.3 Å². The number of sulfonamides is 1. The summed E-state index contributed by atoms with van der Waals surface area (Å²) in [4.78, 5) is 12.7. The molecule has 3 rings (SSSR count). The molecule has 0 saturated heterocycles. The highest BCUT2D eigenvalue weighted by Gasteiger charge is 2.17. The first-order valence-corrected chi connectivity index (χ1v) is 11.0. The van der Waals surface area contributed by atoms with Gasteiger partial charge in [-0.1, -0.05) is 6.07 Å². The number of methoxy groups -OCH3 is 1. The molecule has 2 aromatic heterocycles. The lowest BCUT2D eigenvalue weighted by atomic mass is 10.1. The Morgan fingerprint density at radius 3 is 2.54 bits per heavy atom. The van der Waals surface area contributed by atoms with E-state index in [0.29, 0.717) is 12.1 Å². The second kappa shape index (κ2) is 8.26. The zero-order valence-electron chi connectivity index (χ0n) is 15.8. The fourth-order valence-electron chi connectivity index (χ4n) is 2.95. The average molecular weight is 420 g/mol. The third kappa shape index (κ3) is 4.16. The van der Waals surface area contributed by atoms with E-state index >= 15 is 0 Å². The molecule has 0 aliphatic rings. The molecule has 0 amide bonds. The monoisotopic (exact) mass is 419 g/mol. The van der Waals surface area contributed by atoms with E-state index in [-0.39, 0.29) is 11.4 Å². The Labute approximate surface area is 168 Å². The van der Waals surface area contributed by atoms with Crippen LogP contribution >= 0.6 is 11.3 Å². The summed E-state index contributed by atoms with van der Waals surface area (Å²) in [7, 11) is -2.40. The number of thiophene rings is 1. The highest BCUT2D eigenvalue weighted by molar-refractivity contribution is 7.89. The van der Waals surface area contributed by atoms with E-state index in [4.69, 9.17) is 0 Å². The van der Waals surface area contributed by atoms with Crippen molar-refractivity contribution in [3.05, 3.63) is 58.7 Å². The third-order valence-electron chi connectivity index (χ3n) is 4.35. The van der Waals surface area contributed by atoms with Gasteiger partial charge >= 0.3 is 5.97 Å². The fourth-order valence-corrected chi connectivity index (χ4v) is 4.84. The van der Waals surface area contributed by atoms with Crippen LogP contribution in [0.3, 0.4) is 0 Å². The van der Waals surface area contributed by atoms with Crippen LogP contribution in [0.25, 0.3) is 10.4 Å². The lowest BCUT2D eigenvalue weighted by Crippen LogP contribution is -2.28. The van der Waals surface area contributed by atoms with Gasteiger partial charge in [-0.25, -0.2) is 17.9 Å². The van der Waals surface area contributed by atoms with Gasteiger partial charge in [0.1, 0.15) is 0 Å². The molecule has 3 aromatic rings. The number of carbonyl (C=O) groups is 1. The number of carbonyl (C=O) groups excluding carboxylic acids is 1. The summed E-state index contributed by atoms with van der Waals surface area (Å²) >= 11 is 1.65. The van der Waals surface area contributed by atoms with Crippen LogP contribution in [-0.2, 0) is 21.3 Å². The Balaban J connectivity index is 1.68. The molecule has 0 spiro atoms. The molecule has 0 fully saturated rings. The van der Waals surface area contributed by atoms with E-state index in [2.05, 4.69) is 14.6 Å². The largest absolute Gasteiger partial charge is 0.465 e. The van der Waals surface area contributed by atoms with Crippen molar-refractivity contribution >= 4 is 27.3 Å². The topological polar surface area (TPSA) is 90.3 Å². The SMILES string of the molecule is COC(=O)c1ccc(S(=O)(=O)NCCn2nc(C)c(-c3cccs3)c2C)cc1. The van der Waals surface area contributed by atoms with Crippen molar-refractivity contribution in [3.63, 3.8) is 0 Å². The van der Waals surface area contributed by atoms with Crippen LogP contribution in [0.2, 0.25) is 0 Å². The van der Waals surface area contributed by atoms with Gasteiger partial charge in [-0.05, 0) is 49.6 Å². The number of nitrogens with zero attached hydrogens (tertiary/aromatic N) is 2. The number of ether oxygens (including phenoxy) is 1. The Morgan fingerprint density at radius 2 is 1.93 bits per heavy atom. The van der Waals surface area contributed by atoms with Gasteiger partial charge in [0.2, 0.25) is 10.0 Å². The fraction of sp³-hybridized carbons (Fsp3) is 0.263. The molecule has 0 atom stereocenters. The van der Waals surface area contributed by atoms with Gasteiger partial charge in [-0.2, -0.15) is 5.10 Å². The number of hydrogen-bond donors (Lipinski definition) is 1. The molecular formula is C19H21N3O4S2. The Kier molecular flexibility index (Phi) is 5.97. The predicted molar refractivity (Wildman–Crippen MR) is 108 cm³/mol. The maximum Gasteiger partial charge on any atom is 0.337 e. The maximum atomic E-state index is 12.5. The number of aromatic nitrogens is 2. The minimum absolute atomic E-state index is 0.0906. The quantitative estimate of drug-likeness (QED) is 0.595. The van der Waals surface area contributed by atoms with E-state index < -0.39 is 16.0 Å². The smallest absolute Gasteiger partial charge is 0.337 e. The van der Waals surface area contributed by atoms with Gasteiger partial charge in [0.15, 0.2) is 0 Å². The van der Waals surface area contributed by atoms with Crippen LogP contribution in [0.5, 0.6) is 0 Å². The first-order valence-electron chi connectivity index (χ1n) is 8.59. The van der Waals surface area contributed by atoms with Crippen LogP contribution < -0.4 is 4.72 Å². The number of rotatable bonds is 7. The molecule has 1 N–H and O–H groups in total. The van der Waals surface area contributed by atoms with Gasteiger partial charge in [0.25, 0.3) is 0 Å². The van der Waals surface area contributed by atoms with Crippen LogP contribution in [-0.4, -0.2) is 37.8 Å². The average Bonchev–Trinajstić information content (AvgIpc) is 3.29. The highest BCUT2D eigenvalue weighted by atomic mass is 32.2. The molecular weight excluding hydrogens is 398 g/mol. The van der Waals surface area contributed by atoms with E-state index in [0.717, 1.165) is 21.8 Å². The second-order valence-corrected chi connectivity index (χ2v) is 8.87. The molecule has 0 aliphatic carbocycles. The van der Waals surface area contributed by atoms with Crippen LogP contribution in [0.1, 0.15) is 21.7 Å². The Hall–Kier alpha value is -2.49. The summed E-state index contributed by atoms with van der Waals surface area (Å²) in [5.74, 6) is -0.511. The summed E-state index contributed by atoms with van der Waals surface area (Å²) in [6.45, 7) is 4.55. The van der Waals surface area contributed by atoms with Gasteiger partial charge in [0.05, 0.1) is 29.8 Å². The number of aryl methyl sites for hydroxylation is 1. The maximum absolute atomic E-state index is 12.5. The third-order valence-corrected chi connectivity index (χ3v) is 6.71. The normalized spacial score (nSPS) is 11.5. The summed E-state index contributed by atoms with van der Waals surface area (Å²) in [5.41, 5.74) is 3.31. The molecule has 28 heavy (non-hydrogen) atoms. The van der Waals surface area contributed by atoms with Crippen molar-refractivity contribution < 1.29 is 17.9 Å². The molecule has 0 bridgehead atoms. The zero-order chi connectivity index (χ0) is 20.3. The number of esters is 1. The van der Waals surface area contributed by atoms with E-state index in [1.807, 2.05) is 36.0 Å². The molecule has 7 nitrogen and oxygen atoms in total. The molecule has 0 radical (unpaired) electrons. The molecule has 0 saturated carbocycles. The van der Waals surface area contributed by atoms with E-state index in [1.165, 1.54) is 31.4 Å². The molecule has 0 unspecified atom stereocenters. The Morgan fingerprint density at radius 1 is 1.21 bits per heavy atom. The molecule has 2 heterocycles. The van der Waals surface area contributed by atoms with Crippen molar-refractivity contribution in [1.82, 2.24) is 14.5 Å². The van der Waals surface area contributed by atoms with Crippen molar-refractivity contribution in [3.8, 4) is 10.4 Å². The summed E-state index contributed by atoms with van der Waals surface area (Å²) in [6, 6.07) is 9.66. The van der Waals surface area contributed by atoms with Crippen molar-refractivity contribution in [2.24, 2.45) is 0 Å². The van der Waals surface area contributed by atoms with Crippen LogP contribution in [0.15, 0.2) is 46.7 Å². The van der Waals surface area contributed by atoms with Gasteiger partial charge in [0, 0.05) is 22.7 Å². The minimum Gasteiger partial charge on any atom is -0.465 e. The first kappa shape index (κ1) is 20.2. The Bertz CT molecular complexity index is 1070. The number of nitrogens with one attached hydrogen (secondary N) is 1. The van der Waals surface area contributed by atoms with Gasteiger partial charge < -0.3 is 4.74 Å². The van der Waals surface area contributed by atoms with Crippen molar-refractivity contribution in [2.75, 3.05) is 13.7 Å². The van der Waals surface area contributed by atoms with Crippen LogP contribution in [0.4, 0.5) is 0 Å². The number of hydrogen-bond acceptors (Lipinski definition) is 6. The molecule has 148 valence electrons. The number of benzene rings is 1. The molecule has 9 heteroatoms. The second-order valence-electron chi connectivity index (χ2n) is 6.16. The van der Waals surface area contributed by atoms with E-state index in [9.17, 15) is 13.2 Å². The summed E-state index contributed by atoms with van der Waals surface area (Å²) < 4.78 is 33.9. The molecule has 1 aromatic carbocycles. The van der Waals surface area contributed by atoms with Crippen LogP contribution in [0, 0.1) is 13.8 Å². The van der Waals surface area contributed by atoms with E-state index in [1.54, 1.807) is 11.3 Å². The lowest BCUT2D eigenvalue weighted by molar-refractivity contribution is 0.0600. The van der Waals surface area contributed by atoms with Crippen molar-refractivity contribution in [2.45, 2.75) is 25.3 Å². The standard InChI is InChI=1S/C19H21N3O4S2/c1-13-18(17-5-4-12-27-17)14(2)22(21-13)11-10-20-28(24,25)16-8-6-15(7-9-16)19(23)26-3/h4-9,12,20H,10-11H2,1-3H3. The zero-order valence-corrected chi connectivity index (χ0v) is 17.4. The molecule has 0 aliphatic heterocycles. The summed E-state index contributed by atoms with van der Waals surface area (Å²) in [6.07, 6.45) is 0. The lowest BCUT2D eigenvalue weighted by Gasteiger charge is -2.09. The minimum atomic E-state index is -3.68. The van der Waals surface area contributed by atoms with Crippen molar-refractivity contribution in [1.29, 1.82) is 0 Å². The predicted octanol–water partition coefficient (Wildman–Crippen LogP) is 2.99. The summed E-state index contributed by atoms with van der Waals surface area (Å²) in [5, 5.41) is 6.55. The van der Waals surface area contributed by atoms with Gasteiger partial charge in [-0.3, -0.25) is 4.68 Å².